The standard InChI is InChI=1S/C18H25NO3/c1-13-7-9-14(10-8-13)11-15(18(21)22)12-17(20)19-16-5-3-2-4-6-16/h7-10,15-16H,2-6,11-12H2,1H3,(H,19,20)(H,21,22)/t15-/m0/s1. The van der Waals surface area contributed by atoms with Gasteiger partial charge in [-0.05, 0) is 31.7 Å². The van der Waals surface area contributed by atoms with E-state index in [1.54, 1.807) is 0 Å². The predicted octanol–water partition coefficient (Wildman–Crippen LogP) is 3.08. The van der Waals surface area contributed by atoms with Gasteiger partial charge in [0, 0.05) is 12.5 Å². The fraction of sp³-hybridized carbons (Fsp3) is 0.556. The van der Waals surface area contributed by atoms with Gasteiger partial charge in [0.1, 0.15) is 0 Å². The summed E-state index contributed by atoms with van der Waals surface area (Å²) in [5, 5.41) is 12.4. The van der Waals surface area contributed by atoms with Gasteiger partial charge in [-0.2, -0.15) is 0 Å². The summed E-state index contributed by atoms with van der Waals surface area (Å²) in [6.07, 6.45) is 6.02. The Morgan fingerprint density at radius 3 is 2.41 bits per heavy atom. The lowest BCUT2D eigenvalue weighted by atomic mass is 9.93. The van der Waals surface area contributed by atoms with E-state index in [4.69, 9.17) is 0 Å². The molecule has 0 spiro atoms. The average Bonchev–Trinajstić information content (AvgIpc) is 2.49. The fourth-order valence-electron chi connectivity index (χ4n) is 3.01. The monoisotopic (exact) mass is 303 g/mol. The van der Waals surface area contributed by atoms with Gasteiger partial charge in [-0.3, -0.25) is 9.59 Å². The number of carboxylic acid groups (broad SMARTS) is 1. The first kappa shape index (κ1) is 16.5. The number of hydrogen-bond donors (Lipinski definition) is 2. The molecule has 0 heterocycles. The van der Waals surface area contributed by atoms with Gasteiger partial charge in [0.15, 0.2) is 0 Å². The van der Waals surface area contributed by atoms with Crippen LogP contribution in [0.3, 0.4) is 0 Å². The molecule has 0 saturated heterocycles. The van der Waals surface area contributed by atoms with Crippen LogP contribution in [0.15, 0.2) is 24.3 Å². The number of rotatable bonds is 6. The van der Waals surface area contributed by atoms with E-state index in [1.807, 2.05) is 31.2 Å². The summed E-state index contributed by atoms with van der Waals surface area (Å²) < 4.78 is 0. The number of amides is 1. The molecule has 1 aliphatic rings. The third kappa shape index (κ3) is 5.17. The van der Waals surface area contributed by atoms with Crippen molar-refractivity contribution in [2.75, 3.05) is 0 Å². The van der Waals surface area contributed by atoms with Crippen molar-refractivity contribution in [3.63, 3.8) is 0 Å². The zero-order chi connectivity index (χ0) is 15.9. The Morgan fingerprint density at radius 1 is 1.18 bits per heavy atom. The number of hydrogen-bond acceptors (Lipinski definition) is 2. The Kier molecular flexibility index (Phi) is 5.99. The van der Waals surface area contributed by atoms with Gasteiger partial charge in [-0.15, -0.1) is 0 Å². The maximum Gasteiger partial charge on any atom is 0.307 e. The van der Waals surface area contributed by atoms with Crippen LogP contribution in [0.2, 0.25) is 0 Å². The quantitative estimate of drug-likeness (QED) is 0.848. The van der Waals surface area contributed by atoms with E-state index in [1.165, 1.54) is 6.42 Å². The number of carbonyl (C=O) groups excluding carboxylic acids is 1. The number of carbonyl (C=O) groups is 2. The number of carboxylic acids is 1. The fourth-order valence-corrected chi connectivity index (χ4v) is 3.01. The summed E-state index contributed by atoms with van der Waals surface area (Å²) in [7, 11) is 0. The molecule has 1 aromatic carbocycles. The van der Waals surface area contributed by atoms with Crippen molar-refractivity contribution in [3.8, 4) is 0 Å². The smallest absolute Gasteiger partial charge is 0.307 e. The molecule has 4 heteroatoms. The van der Waals surface area contributed by atoms with Crippen molar-refractivity contribution in [1.29, 1.82) is 0 Å². The molecule has 1 aliphatic carbocycles. The molecular weight excluding hydrogens is 278 g/mol. The Bertz CT molecular complexity index is 504. The summed E-state index contributed by atoms with van der Waals surface area (Å²) in [5.74, 6) is -1.70. The van der Waals surface area contributed by atoms with Gasteiger partial charge in [0.2, 0.25) is 5.91 Å². The molecule has 120 valence electrons. The summed E-state index contributed by atoms with van der Waals surface area (Å²) in [6.45, 7) is 2.00. The van der Waals surface area contributed by atoms with Crippen LogP contribution >= 0.6 is 0 Å². The van der Waals surface area contributed by atoms with Crippen molar-refractivity contribution in [2.45, 2.75) is 57.9 Å². The van der Waals surface area contributed by atoms with Crippen LogP contribution < -0.4 is 5.32 Å². The lowest BCUT2D eigenvalue weighted by molar-refractivity contribution is -0.144. The average molecular weight is 303 g/mol. The molecule has 0 bridgehead atoms. The molecule has 0 unspecified atom stereocenters. The molecule has 1 aromatic rings. The van der Waals surface area contributed by atoms with Gasteiger partial charge in [-0.1, -0.05) is 49.1 Å². The van der Waals surface area contributed by atoms with E-state index in [-0.39, 0.29) is 18.4 Å². The van der Waals surface area contributed by atoms with Crippen molar-refractivity contribution in [2.24, 2.45) is 5.92 Å². The van der Waals surface area contributed by atoms with Crippen LogP contribution in [0, 0.1) is 12.8 Å². The number of aryl methyl sites for hydroxylation is 1. The van der Waals surface area contributed by atoms with E-state index in [0.717, 1.165) is 36.8 Å². The first-order valence-electron chi connectivity index (χ1n) is 8.12. The Labute approximate surface area is 131 Å². The number of benzene rings is 1. The lowest BCUT2D eigenvalue weighted by Crippen LogP contribution is -2.38. The number of nitrogens with one attached hydrogen (secondary N) is 1. The second kappa shape index (κ2) is 7.97. The molecule has 0 aromatic heterocycles. The third-order valence-electron chi connectivity index (χ3n) is 4.35. The second-order valence-corrected chi connectivity index (χ2v) is 6.33. The van der Waals surface area contributed by atoms with Crippen LogP contribution in [0.25, 0.3) is 0 Å². The highest BCUT2D eigenvalue weighted by atomic mass is 16.4. The van der Waals surface area contributed by atoms with Gasteiger partial charge in [-0.25, -0.2) is 0 Å². The minimum Gasteiger partial charge on any atom is -0.481 e. The van der Waals surface area contributed by atoms with Crippen LogP contribution in [0.4, 0.5) is 0 Å². The molecule has 0 aliphatic heterocycles. The molecule has 22 heavy (non-hydrogen) atoms. The van der Waals surface area contributed by atoms with Gasteiger partial charge in [0.05, 0.1) is 5.92 Å². The Balaban J connectivity index is 1.88. The van der Waals surface area contributed by atoms with Crippen molar-refractivity contribution >= 4 is 11.9 Å². The predicted molar refractivity (Wildman–Crippen MR) is 85.6 cm³/mol. The van der Waals surface area contributed by atoms with Crippen LogP contribution in [0.5, 0.6) is 0 Å². The molecule has 4 nitrogen and oxygen atoms in total. The minimum atomic E-state index is -0.903. The van der Waals surface area contributed by atoms with Crippen molar-refractivity contribution in [3.05, 3.63) is 35.4 Å². The number of aliphatic carboxylic acids is 1. The van der Waals surface area contributed by atoms with E-state index in [9.17, 15) is 14.7 Å². The maximum atomic E-state index is 12.1. The molecule has 1 saturated carbocycles. The zero-order valence-electron chi connectivity index (χ0n) is 13.2. The normalized spacial score (nSPS) is 17.0. The van der Waals surface area contributed by atoms with Crippen molar-refractivity contribution in [1.82, 2.24) is 5.32 Å². The topological polar surface area (TPSA) is 66.4 Å². The first-order chi connectivity index (χ1) is 10.5. The maximum absolute atomic E-state index is 12.1. The Morgan fingerprint density at radius 2 is 1.82 bits per heavy atom. The van der Waals surface area contributed by atoms with Gasteiger partial charge >= 0.3 is 5.97 Å². The van der Waals surface area contributed by atoms with Crippen LogP contribution in [-0.4, -0.2) is 23.0 Å². The summed E-state index contributed by atoms with van der Waals surface area (Å²) in [6, 6.07) is 8.04. The van der Waals surface area contributed by atoms with E-state index >= 15 is 0 Å². The molecular formula is C18H25NO3. The highest BCUT2D eigenvalue weighted by Crippen LogP contribution is 2.19. The highest BCUT2D eigenvalue weighted by molar-refractivity contribution is 5.82. The summed E-state index contributed by atoms with van der Waals surface area (Å²) >= 11 is 0. The first-order valence-corrected chi connectivity index (χ1v) is 8.12. The van der Waals surface area contributed by atoms with E-state index in [2.05, 4.69) is 5.32 Å². The summed E-state index contributed by atoms with van der Waals surface area (Å²) in [4.78, 5) is 23.5. The molecule has 1 amide bonds. The zero-order valence-corrected chi connectivity index (χ0v) is 13.2. The van der Waals surface area contributed by atoms with Crippen molar-refractivity contribution < 1.29 is 14.7 Å². The molecule has 2 rings (SSSR count). The Hall–Kier alpha value is -1.84. The second-order valence-electron chi connectivity index (χ2n) is 6.33. The van der Waals surface area contributed by atoms with E-state index < -0.39 is 11.9 Å². The molecule has 0 radical (unpaired) electrons. The van der Waals surface area contributed by atoms with E-state index in [0.29, 0.717) is 6.42 Å². The minimum absolute atomic E-state index is 0.0553. The molecule has 2 N–H and O–H groups in total. The summed E-state index contributed by atoms with van der Waals surface area (Å²) in [5.41, 5.74) is 2.11. The van der Waals surface area contributed by atoms with Crippen LogP contribution in [-0.2, 0) is 16.0 Å². The lowest BCUT2D eigenvalue weighted by Gasteiger charge is -2.23. The van der Waals surface area contributed by atoms with Gasteiger partial charge < -0.3 is 10.4 Å². The molecule has 1 atom stereocenters. The third-order valence-corrected chi connectivity index (χ3v) is 4.35. The van der Waals surface area contributed by atoms with Gasteiger partial charge in [0.25, 0.3) is 0 Å². The SMILES string of the molecule is Cc1ccc(C[C@@H](CC(=O)NC2CCCCC2)C(=O)O)cc1. The highest BCUT2D eigenvalue weighted by Gasteiger charge is 2.23. The molecule has 1 fully saturated rings. The van der Waals surface area contributed by atoms with Crippen LogP contribution in [0.1, 0.15) is 49.7 Å². The largest absolute Gasteiger partial charge is 0.481 e.